The van der Waals surface area contributed by atoms with E-state index in [-0.39, 0.29) is 28.6 Å². The van der Waals surface area contributed by atoms with Crippen molar-refractivity contribution in [3.8, 4) is 24.3 Å². The maximum absolute atomic E-state index is 9.32. The van der Waals surface area contributed by atoms with Gasteiger partial charge in [0.15, 0.2) is 0 Å². The number of allylic oxidation sites excluding steroid dienone is 8. The second kappa shape index (κ2) is 20.1. The molecule has 2 aromatic carbocycles. The van der Waals surface area contributed by atoms with Crippen LogP contribution in [0.5, 0.6) is 0 Å². The Morgan fingerprint density at radius 2 is 1.10 bits per heavy atom. The average molecular weight is 896 g/mol. The molecule has 13 heteroatoms. The number of nitriles is 4. The maximum atomic E-state index is 9.32. The highest BCUT2D eigenvalue weighted by Gasteiger charge is 2.25. The lowest BCUT2D eigenvalue weighted by Gasteiger charge is -2.20. The number of nitrogens with one attached hydrogen (secondary N) is 2. The van der Waals surface area contributed by atoms with Gasteiger partial charge in [0.2, 0.25) is 0 Å². The van der Waals surface area contributed by atoms with Crippen LogP contribution in [0.25, 0.3) is 56.3 Å². The first-order valence-corrected chi connectivity index (χ1v) is 22.9. The van der Waals surface area contributed by atoms with E-state index in [0.29, 0.717) is 31.6 Å². The fraction of sp³-hybridized carbons (Fsp3) is 0.200. The number of nitrogens with zero attached hydrogens (tertiary/aromatic N) is 7. The third-order valence-electron chi connectivity index (χ3n) is 11.3. The van der Waals surface area contributed by atoms with Crippen molar-refractivity contribution in [2.75, 3.05) is 0 Å². The topological polar surface area (TPSA) is 173 Å². The van der Waals surface area contributed by atoms with E-state index in [4.69, 9.17) is 10.8 Å². The number of aromatic nitrogens is 1. The lowest BCUT2D eigenvalue weighted by atomic mass is 9.89. The molecule has 0 amide bonds. The van der Waals surface area contributed by atoms with Crippen molar-refractivity contribution in [1.29, 1.82) is 31.9 Å². The van der Waals surface area contributed by atoms with Crippen molar-refractivity contribution < 1.29 is 0 Å². The highest BCUT2D eigenvalue weighted by Crippen LogP contribution is 2.38. The van der Waals surface area contributed by atoms with Gasteiger partial charge in [-0.15, -0.1) is 22.7 Å². The Kier molecular flexibility index (Phi) is 14.2. The van der Waals surface area contributed by atoms with Crippen LogP contribution >= 0.6 is 48.3 Å². The predicted octanol–water partition coefficient (Wildman–Crippen LogP) is 9.84. The van der Waals surface area contributed by atoms with Gasteiger partial charge in [-0.2, -0.15) is 21.0 Å². The lowest BCUT2D eigenvalue weighted by molar-refractivity contribution is 0.487. The highest BCUT2D eigenvalue weighted by atomic mass is 32.1. The van der Waals surface area contributed by atoms with Crippen LogP contribution in [-0.2, 0) is 0 Å². The number of unbranched alkanes of at least 4 members (excludes halogenated alkanes) is 5. The van der Waals surface area contributed by atoms with Crippen LogP contribution in [0.4, 0.5) is 0 Å². The van der Waals surface area contributed by atoms with Crippen LogP contribution < -0.4 is 18.1 Å². The molecule has 1 unspecified atom stereocenters. The number of benzene rings is 2. The summed E-state index contributed by atoms with van der Waals surface area (Å²) in [5.41, 5.74) is 8.20. The van der Waals surface area contributed by atoms with Gasteiger partial charge in [-0.25, -0.2) is 8.80 Å². The highest BCUT2D eigenvalue weighted by molar-refractivity contribution is 7.79. The zero-order chi connectivity index (χ0) is 44.6. The summed E-state index contributed by atoms with van der Waals surface area (Å²) in [7, 11) is 0. The van der Waals surface area contributed by atoms with Crippen LogP contribution in [0.3, 0.4) is 0 Å². The van der Waals surface area contributed by atoms with Crippen LogP contribution in [0.15, 0.2) is 105 Å². The van der Waals surface area contributed by atoms with Gasteiger partial charge in [-0.3, -0.25) is 10.8 Å². The van der Waals surface area contributed by atoms with E-state index in [9.17, 15) is 21.0 Å². The molecule has 7 rings (SSSR count). The average Bonchev–Trinajstić information content (AvgIpc) is 4.04. The number of hydrogen-bond donors (Lipinski definition) is 4. The number of thiol groups is 2. The quantitative estimate of drug-likeness (QED) is 0.0555. The zero-order valence-electron chi connectivity index (χ0n) is 34.6. The van der Waals surface area contributed by atoms with Crippen LogP contribution in [0, 0.1) is 56.1 Å². The van der Waals surface area contributed by atoms with E-state index in [2.05, 4.69) is 89.2 Å². The second-order valence-electron chi connectivity index (χ2n) is 15.2. The fourth-order valence-corrected chi connectivity index (χ4v) is 10.3. The number of fused-ring (bicyclic) bond motifs is 3. The summed E-state index contributed by atoms with van der Waals surface area (Å²) in [6.07, 6.45) is 19.7. The first-order chi connectivity index (χ1) is 30.7. The molecule has 2 aliphatic carbocycles. The molecule has 3 heterocycles. The maximum Gasteiger partial charge on any atom is 0.146 e. The van der Waals surface area contributed by atoms with Crippen molar-refractivity contribution in [3.05, 3.63) is 125 Å². The Morgan fingerprint density at radius 1 is 0.651 bits per heavy atom. The van der Waals surface area contributed by atoms with E-state index in [1.54, 1.807) is 12.1 Å². The largest absolute Gasteiger partial charge is 0.338 e. The summed E-state index contributed by atoms with van der Waals surface area (Å²) in [4.78, 5) is 0. The minimum absolute atomic E-state index is 0.0559. The van der Waals surface area contributed by atoms with E-state index in [1.807, 2.05) is 72.9 Å². The molecule has 2 aliphatic rings. The Balaban J connectivity index is 1.32. The van der Waals surface area contributed by atoms with Gasteiger partial charge in [0.1, 0.15) is 46.8 Å². The lowest BCUT2D eigenvalue weighted by Crippen LogP contribution is -2.20. The smallest absolute Gasteiger partial charge is 0.146 e. The Bertz CT molecular complexity index is 3110. The minimum atomic E-state index is 0.0559. The van der Waals surface area contributed by atoms with E-state index >= 15 is 0 Å². The van der Waals surface area contributed by atoms with Gasteiger partial charge in [-0.05, 0) is 98.7 Å². The van der Waals surface area contributed by atoms with Gasteiger partial charge >= 0.3 is 0 Å². The summed E-state index contributed by atoms with van der Waals surface area (Å²) >= 11 is 11.3. The summed E-state index contributed by atoms with van der Waals surface area (Å²) in [5, 5.41) is 57.8. The van der Waals surface area contributed by atoms with Crippen molar-refractivity contribution in [3.63, 3.8) is 0 Å². The van der Waals surface area contributed by atoms with Gasteiger partial charge in [0.05, 0.1) is 20.5 Å². The van der Waals surface area contributed by atoms with E-state index < -0.39 is 0 Å². The molecule has 9 nitrogen and oxygen atoms in total. The van der Waals surface area contributed by atoms with Gasteiger partial charge in [0, 0.05) is 59.2 Å². The molecule has 0 saturated heterocycles. The Morgan fingerprint density at radius 3 is 1.52 bits per heavy atom. The number of hydrogen-bond acceptors (Lipinski definition) is 12. The van der Waals surface area contributed by atoms with Crippen LogP contribution in [-0.4, -0.2) is 27.4 Å². The molecule has 0 fully saturated rings. The molecule has 2 N–H and O–H groups in total. The summed E-state index contributed by atoms with van der Waals surface area (Å²) in [6.45, 7) is 4.51. The summed E-state index contributed by atoms with van der Waals surface area (Å²) in [6, 6.07) is 27.9. The van der Waals surface area contributed by atoms with E-state index in [1.165, 1.54) is 54.8 Å². The normalized spacial score (nSPS) is 16.3. The summed E-state index contributed by atoms with van der Waals surface area (Å²) in [5.74, 6) is 0. The van der Waals surface area contributed by atoms with Crippen molar-refractivity contribution >= 4 is 127 Å². The van der Waals surface area contributed by atoms with Crippen molar-refractivity contribution in [1.82, 2.24) is 4.57 Å². The molecular formula is C50H41N9S4. The van der Waals surface area contributed by atoms with Crippen molar-refractivity contribution in [2.45, 2.75) is 64.8 Å². The molecule has 0 radical (unpaired) electrons. The summed E-state index contributed by atoms with van der Waals surface area (Å²) < 4.78 is 13.8. The van der Waals surface area contributed by atoms with Crippen molar-refractivity contribution in [2.24, 2.45) is 8.80 Å². The molecule has 310 valence electrons. The van der Waals surface area contributed by atoms with Crippen LogP contribution in [0.2, 0.25) is 0 Å². The molecule has 0 saturated carbocycles. The first kappa shape index (κ1) is 44.5. The van der Waals surface area contributed by atoms with Crippen LogP contribution in [0.1, 0.15) is 76.0 Å². The van der Waals surface area contributed by atoms with Gasteiger partial charge in [0.25, 0.3) is 0 Å². The molecule has 3 aromatic heterocycles. The Labute approximate surface area is 384 Å². The Hall–Kier alpha value is -6.58. The molecule has 5 aromatic rings. The SMILES string of the molecule is CCCCCCCCC(C)n1c2cc(C3=CC=C(/C=c4\ccc(=C(C#N)C#N)s4)C(=N)/C3=N\S)ccc2c2ccc(C3=CC=C(/C=c4\ccc(=C(C#N)C#N)s4)C(=N)/C3=N\S)cc21. The molecule has 1 atom stereocenters. The molecule has 0 bridgehead atoms. The number of rotatable bonds is 12. The predicted molar refractivity (Wildman–Crippen MR) is 268 cm³/mol. The van der Waals surface area contributed by atoms with Gasteiger partial charge in [-0.1, -0.05) is 94.0 Å². The van der Waals surface area contributed by atoms with E-state index in [0.717, 1.165) is 66.0 Å². The minimum Gasteiger partial charge on any atom is -0.338 e. The third-order valence-corrected chi connectivity index (χ3v) is 13.8. The van der Waals surface area contributed by atoms with Gasteiger partial charge < -0.3 is 4.57 Å². The third kappa shape index (κ3) is 9.16. The second-order valence-corrected chi connectivity index (χ2v) is 17.8. The molecule has 0 aliphatic heterocycles. The molecule has 63 heavy (non-hydrogen) atoms. The molecule has 0 spiro atoms. The first-order valence-electron chi connectivity index (χ1n) is 20.5. The number of thiophene rings is 2. The fourth-order valence-electron chi connectivity index (χ4n) is 8.04. The molecular weight excluding hydrogens is 855 g/mol. The standard InChI is InChI=1S/C50H41N9S4/c1-3-4-5-6-7-8-9-30(2)59-43-24-31(39-16-12-33(47(55)49(39)57-60)22-37-14-20-45(62-37)35(26-51)27-52)10-18-41(43)42-19-11-32(25-44(42)59)40-17-13-34(48(56)50(40)58-61)23-38-15-21-46(63-38)36(28-53)29-54/h10-25,30,55-56,60-61H,3-9H2,1-2H3/b37-22+,38-23+,55-47?,56-48?,57-49-,58-50-. The monoisotopic (exact) mass is 895 g/mol. The zero-order valence-corrected chi connectivity index (χ0v) is 38.0.